The monoisotopic (exact) mass is 427 g/mol. The number of esters is 1. The molecule has 1 aromatic heterocycles. The van der Waals surface area contributed by atoms with Crippen molar-refractivity contribution in [1.82, 2.24) is 9.97 Å². The summed E-state index contributed by atoms with van der Waals surface area (Å²) in [5.41, 5.74) is 3.89. The molecule has 1 amide bonds. The number of carbonyl (C=O) groups is 2. The molecule has 32 heavy (non-hydrogen) atoms. The second-order valence-corrected chi connectivity index (χ2v) is 7.69. The van der Waals surface area contributed by atoms with Gasteiger partial charge in [0.2, 0.25) is 0 Å². The average Bonchev–Trinajstić information content (AvgIpc) is 3.15. The number of benzene rings is 3. The van der Waals surface area contributed by atoms with Gasteiger partial charge in [-0.05, 0) is 43.9 Å². The number of nitrogens with zero attached hydrogens (tertiary/aromatic N) is 1. The van der Waals surface area contributed by atoms with E-state index in [-0.39, 0.29) is 5.91 Å². The Morgan fingerprint density at radius 2 is 1.72 bits per heavy atom. The van der Waals surface area contributed by atoms with Crippen molar-refractivity contribution in [1.29, 1.82) is 0 Å². The highest BCUT2D eigenvalue weighted by Crippen LogP contribution is 2.24. The molecule has 4 aromatic rings. The van der Waals surface area contributed by atoms with E-state index in [0.29, 0.717) is 17.7 Å². The second-order valence-electron chi connectivity index (χ2n) is 7.69. The zero-order valence-electron chi connectivity index (χ0n) is 18.3. The Balaban J connectivity index is 1.45. The molecule has 1 atom stereocenters. The van der Waals surface area contributed by atoms with E-state index in [1.165, 1.54) is 0 Å². The van der Waals surface area contributed by atoms with Gasteiger partial charge in [-0.3, -0.25) is 4.79 Å². The Hall–Kier alpha value is -3.93. The van der Waals surface area contributed by atoms with Gasteiger partial charge in [0.15, 0.2) is 6.10 Å². The Morgan fingerprint density at radius 3 is 2.41 bits per heavy atom. The lowest BCUT2D eigenvalue weighted by molar-refractivity contribution is -0.124. The number of nitrogens with one attached hydrogen (secondary N) is 2. The number of ether oxygens (including phenoxy) is 1. The summed E-state index contributed by atoms with van der Waals surface area (Å²) in [5.74, 6) is -0.139. The van der Waals surface area contributed by atoms with E-state index < -0.39 is 12.1 Å². The van der Waals surface area contributed by atoms with Gasteiger partial charge < -0.3 is 15.0 Å². The number of aryl methyl sites for hydroxylation is 2. The molecule has 3 aromatic carbocycles. The molecule has 0 spiro atoms. The summed E-state index contributed by atoms with van der Waals surface area (Å²) in [4.78, 5) is 33.2. The standard InChI is InChI=1S/C26H25N3O3/c1-4-23(25(30)29-22-11-7-9-18-8-5-6-10-21(18)22)32-26(31)20-14-12-19(13-15-20)24-27-16(2)17(3)28-24/h5-15,23H,4H2,1-3H3,(H,27,28)(H,29,30). The van der Waals surface area contributed by atoms with Gasteiger partial charge in [-0.15, -0.1) is 0 Å². The molecule has 1 unspecified atom stereocenters. The van der Waals surface area contributed by atoms with E-state index >= 15 is 0 Å². The van der Waals surface area contributed by atoms with Crippen LogP contribution in [0.15, 0.2) is 66.7 Å². The van der Waals surface area contributed by atoms with Gasteiger partial charge in [-0.25, -0.2) is 9.78 Å². The third kappa shape index (κ3) is 4.39. The zero-order chi connectivity index (χ0) is 22.7. The molecule has 2 N–H and O–H groups in total. The highest BCUT2D eigenvalue weighted by molar-refractivity contribution is 6.04. The van der Waals surface area contributed by atoms with Crippen molar-refractivity contribution in [3.63, 3.8) is 0 Å². The van der Waals surface area contributed by atoms with Gasteiger partial charge in [0.1, 0.15) is 5.82 Å². The largest absolute Gasteiger partial charge is 0.449 e. The van der Waals surface area contributed by atoms with Crippen molar-refractivity contribution in [2.45, 2.75) is 33.3 Å². The summed E-state index contributed by atoms with van der Waals surface area (Å²) >= 11 is 0. The second kappa shape index (κ2) is 9.06. The molecule has 0 radical (unpaired) electrons. The highest BCUT2D eigenvalue weighted by Gasteiger charge is 2.22. The van der Waals surface area contributed by atoms with Crippen molar-refractivity contribution < 1.29 is 14.3 Å². The van der Waals surface area contributed by atoms with Crippen molar-refractivity contribution >= 4 is 28.3 Å². The van der Waals surface area contributed by atoms with Crippen LogP contribution in [-0.2, 0) is 9.53 Å². The number of fused-ring (bicyclic) bond motifs is 1. The maximum absolute atomic E-state index is 12.8. The molecular formula is C26H25N3O3. The summed E-state index contributed by atoms with van der Waals surface area (Å²) in [5, 5.41) is 4.86. The van der Waals surface area contributed by atoms with Gasteiger partial charge >= 0.3 is 5.97 Å². The molecule has 6 nitrogen and oxygen atoms in total. The van der Waals surface area contributed by atoms with Gasteiger partial charge in [0.05, 0.1) is 11.3 Å². The van der Waals surface area contributed by atoms with Crippen LogP contribution < -0.4 is 5.32 Å². The molecule has 0 saturated carbocycles. The van der Waals surface area contributed by atoms with E-state index in [4.69, 9.17) is 4.74 Å². The Labute approximate surface area is 186 Å². The molecule has 6 heteroatoms. The SMILES string of the molecule is CCC(OC(=O)c1ccc(-c2nc(C)c(C)[nH]2)cc1)C(=O)Nc1cccc2ccccc12. The Morgan fingerprint density at radius 1 is 1.00 bits per heavy atom. The van der Waals surface area contributed by atoms with E-state index in [2.05, 4.69) is 15.3 Å². The molecule has 0 saturated heterocycles. The van der Waals surface area contributed by atoms with Crippen molar-refractivity contribution in [3.05, 3.63) is 83.7 Å². The lowest BCUT2D eigenvalue weighted by atomic mass is 10.1. The Kier molecular flexibility index (Phi) is 6.03. The van der Waals surface area contributed by atoms with Gasteiger partial charge in [-0.1, -0.05) is 55.5 Å². The maximum Gasteiger partial charge on any atom is 0.338 e. The molecule has 1 heterocycles. The number of aromatic nitrogens is 2. The molecular weight excluding hydrogens is 402 g/mol. The average molecular weight is 428 g/mol. The third-order valence-corrected chi connectivity index (χ3v) is 5.48. The van der Waals surface area contributed by atoms with Crippen LogP contribution in [0.25, 0.3) is 22.2 Å². The summed E-state index contributed by atoms with van der Waals surface area (Å²) < 4.78 is 5.53. The summed E-state index contributed by atoms with van der Waals surface area (Å²) in [7, 11) is 0. The van der Waals surface area contributed by atoms with Crippen molar-refractivity contribution in [2.24, 2.45) is 0 Å². The number of amides is 1. The van der Waals surface area contributed by atoms with Gasteiger partial charge in [0, 0.05) is 22.3 Å². The summed E-state index contributed by atoms with van der Waals surface area (Å²) in [6.07, 6.45) is -0.526. The van der Waals surface area contributed by atoms with Crippen molar-refractivity contribution in [3.8, 4) is 11.4 Å². The fourth-order valence-corrected chi connectivity index (χ4v) is 3.52. The minimum absolute atomic E-state index is 0.352. The molecule has 0 aliphatic heterocycles. The predicted octanol–water partition coefficient (Wildman–Crippen LogP) is 5.42. The van der Waals surface area contributed by atoms with Crippen LogP contribution >= 0.6 is 0 Å². The lowest BCUT2D eigenvalue weighted by Gasteiger charge is -2.17. The van der Waals surface area contributed by atoms with Gasteiger partial charge in [0.25, 0.3) is 5.91 Å². The number of hydrogen-bond donors (Lipinski definition) is 2. The first-order chi connectivity index (χ1) is 15.5. The first-order valence-electron chi connectivity index (χ1n) is 10.6. The summed E-state index contributed by atoms with van der Waals surface area (Å²) in [6, 6.07) is 20.5. The van der Waals surface area contributed by atoms with Crippen LogP contribution in [0.1, 0.15) is 35.1 Å². The fourth-order valence-electron chi connectivity index (χ4n) is 3.52. The molecule has 4 rings (SSSR count). The lowest BCUT2D eigenvalue weighted by Crippen LogP contribution is -2.32. The minimum Gasteiger partial charge on any atom is -0.449 e. The maximum atomic E-state index is 12.8. The van der Waals surface area contributed by atoms with Crippen LogP contribution in [-0.4, -0.2) is 27.9 Å². The first kappa shape index (κ1) is 21.3. The van der Waals surface area contributed by atoms with Crippen LogP contribution in [0.5, 0.6) is 0 Å². The van der Waals surface area contributed by atoms with E-state index in [9.17, 15) is 9.59 Å². The minimum atomic E-state index is -0.892. The van der Waals surface area contributed by atoms with Crippen LogP contribution in [0, 0.1) is 13.8 Å². The number of hydrogen-bond acceptors (Lipinski definition) is 4. The smallest absolute Gasteiger partial charge is 0.338 e. The Bertz CT molecular complexity index is 1250. The molecule has 0 aliphatic rings. The van der Waals surface area contributed by atoms with Gasteiger partial charge in [-0.2, -0.15) is 0 Å². The number of anilines is 1. The normalized spacial score (nSPS) is 11.8. The molecule has 0 aliphatic carbocycles. The van der Waals surface area contributed by atoms with E-state index in [1.54, 1.807) is 12.1 Å². The quantitative estimate of drug-likeness (QED) is 0.402. The summed E-state index contributed by atoms with van der Waals surface area (Å²) in [6.45, 7) is 5.71. The number of rotatable bonds is 6. The van der Waals surface area contributed by atoms with E-state index in [1.807, 2.05) is 75.4 Å². The molecule has 162 valence electrons. The predicted molar refractivity (Wildman–Crippen MR) is 126 cm³/mol. The molecule has 0 bridgehead atoms. The zero-order valence-corrected chi connectivity index (χ0v) is 18.3. The topological polar surface area (TPSA) is 84.1 Å². The molecule has 0 fully saturated rings. The van der Waals surface area contributed by atoms with E-state index in [0.717, 1.165) is 33.5 Å². The van der Waals surface area contributed by atoms with Crippen LogP contribution in [0.2, 0.25) is 0 Å². The van der Waals surface area contributed by atoms with Crippen LogP contribution in [0.4, 0.5) is 5.69 Å². The van der Waals surface area contributed by atoms with Crippen molar-refractivity contribution in [2.75, 3.05) is 5.32 Å². The highest BCUT2D eigenvalue weighted by atomic mass is 16.5. The third-order valence-electron chi connectivity index (χ3n) is 5.48. The fraction of sp³-hybridized carbons (Fsp3) is 0.192. The first-order valence-corrected chi connectivity index (χ1v) is 10.6. The number of carbonyl (C=O) groups excluding carboxylic acids is 2. The number of aromatic amines is 1. The number of imidazole rings is 1. The van der Waals surface area contributed by atoms with Crippen LogP contribution in [0.3, 0.4) is 0 Å². The number of H-pyrrole nitrogens is 1.